The Kier molecular flexibility index (Phi) is 2.54. The Morgan fingerprint density at radius 3 is 3.08 bits per heavy atom. The maximum atomic E-state index is 12.8. The Balaban J connectivity index is 2.14. The quantitative estimate of drug-likeness (QED) is 0.619. The van der Waals surface area contributed by atoms with Gasteiger partial charge in [0.05, 0.1) is 6.61 Å². The SMILES string of the molecule is Fc1cccc(C2CCCOC2)n1. The number of hydrogen-bond donors (Lipinski definition) is 0. The molecule has 1 unspecified atom stereocenters. The van der Waals surface area contributed by atoms with Gasteiger partial charge in [0.15, 0.2) is 0 Å². The predicted octanol–water partition coefficient (Wildman–Crippen LogP) is 2.11. The predicted molar refractivity (Wildman–Crippen MR) is 47.0 cm³/mol. The van der Waals surface area contributed by atoms with Crippen LogP contribution in [-0.4, -0.2) is 18.2 Å². The third kappa shape index (κ3) is 2.04. The number of halogens is 1. The summed E-state index contributed by atoms with van der Waals surface area (Å²) >= 11 is 0. The van der Waals surface area contributed by atoms with Crippen molar-refractivity contribution in [1.82, 2.24) is 4.98 Å². The average Bonchev–Trinajstić information content (AvgIpc) is 2.19. The van der Waals surface area contributed by atoms with Gasteiger partial charge < -0.3 is 4.74 Å². The molecule has 1 aliphatic rings. The lowest BCUT2D eigenvalue weighted by Crippen LogP contribution is -2.16. The zero-order chi connectivity index (χ0) is 9.10. The second-order valence-electron chi connectivity index (χ2n) is 3.30. The van der Waals surface area contributed by atoms with Gasteiger partial charge in [-0.25, -0.2) is 4.98 Å². The van der Waals surface area contributed by atoms with E-state index >= 15 is 0 Å². The first-order chi connectivity index (χ1) is 6.36. The summed E-state index contributed by atoms with van der Waals surface area (Å²) in [7, 11) is 0. The molecular formula is C10H12FNO. The summed E-state index contributed by atoms with van der Waals surface area (Å²) < 4.78 is 18.1. The molecule has 1 aromatic heterocycles. The minimum atomic E-state index is -0.400. The van der Waals surface area contributed by atoms with E-state index in [0.717, 1.165) is 25.1 Å². The first-order valence-electron chi connectivity index (χ1n) is 4.56. The molecule has 1 saturated heterocycles. The molecule has 0 saturated carbocycles. The Labute approximate surface area is 76.7 Å². The van der Waals surface area contributed by atoms with Crippen molar-refractivity contribution in [1.29, 1.82) is 0 Å². The second kappa shape index (κ2) is 3.83. The zero-order valence-electron chi connectivity index (χ0n) is 7.37. The molecule has 3 heteroatoms. The normalized spacial score (nSPS) is 23.0. The van der Waals surface area contributed by atoms with Crippen molar-refractivity contribution in [2.75, 3.05) is 13.2 Å². The molecular weight excluding hydrogens is 169 g/mol. The minimum absolute atomic E-state index is 0.282. The molecule has 2 rings (SSSR count). The van der Waals surface area contributed by atoms with Gasteiger partial charge in [-0.3, -0.25) is 0 Å². The second-order valence-corrected chi connectivity index (χ2v) is 3.30. The fraction of sp³-hybridized carbons (Fsp3) is 0.500. The van der Waals surface area contributed by atoms with Crippen molar-refractivity contribution < 1.29 is 9.13 Å². The molecule has 0 spiro atoms. The highest BCUT2D eigenvalue weighted by Crippen LogP contribution is 2.23. The lowest BCUT2D eigenvalue weighted by Gasteiger charge is -2.21. The third-order valence-electron chi connectivity index (χ3n) is 2.32. The number of nitrogens with zero attached hydrogens (tertiary/aromatic N) is 1. The van der Waals surface area contributed by atoms with E-state index in [1.54, 1.807) is 6.07 Å². The van der Waals surface area contributed by atoms with E-state index in [9.17, 15) is 4.39 Å². The van der Waals surface area contributed by atoms with E-state index in [0.29, 0.717) is 6.61 Å². The Hall–Kier alpha value is -0.960. The van der Waals surface area contributed by atoms with Crippen molar-refractivity contribution >= 4 is 0 Å². The van der Waals surface area contributed by atoms with Crippen LogP contribution >= 0.6 is 0 Å². The number of ether oxygens (including phenoxy) is 1. The van der Waals surface area contributed by atoms with Crippen molar-refractivity contribution in [2.24, 2.45) is 0 Å². The molecule has 1 aromatic rings. The van der Waals surface area contributed by atoms with E-state index < -0.39 is 5.95 Å². The van der Waals surface area contributed by atoms with E-state index in [1.807, 2.05) is 6.07 Å². The van der Waals surface area contributed by atoms with E-state index in [-0.39, 0.29) is 5.92 Å². The fourth-order valence-corrected chi connectivity index (χ4v) is 1.63. The number of pyridine rings is 1. The van der Waals surface area contributed by atoms with Gasteiger partial charge >= 0.3 is 0 Å². The van der Waals surface area contributed by atoms with E-state index in [4.69, 9.17) is 4.74 Å². The number of hydrogen-bond acceptors (Lipinski definition) is 2. The largest absolute Gasteiger partial charge is 0.381 e. The van der Waals surface area contributed by atoms with Gasteiger partial charge in [0.2, 0.25) is 5.95 Å². The summed E-state index contributed by atoms with van der Waals surface area (Å²) in [4.78, 5) is 3.85. The molecule has 1 atom stereocenters. The van der Waals surface area contributed by atoms with Crippen molar-refractivity contribution in [3.8, 4) is 0 Å². The smallest absolute Gasteiger partial charge is 0.213 e. The summed E-state index contributed by atoms with van der Waals surface area (Å²) in [6.45, 7) is 1.50. The third-order valence-corrected chi connectivity index (χ3v) is 2.32. The van der Waals surface area contributed by atoms with Gasteiger partial charge in [-0.15, -0.1) is 0 Å². The van der Waals surface area contributed by atoms with Crippen molar-refractivity contribution in [2.45, 2.75) is 18.8 Å². The highest BCUT2D eigenvalue weighted by atomic mass is 19.1. The first kappa shape index (κ1) is 8.63. The van der Waals surface area contributed by atoms with Gasteiger partial charge in [0, 0.05) is 18.2 Å². The van der Waals surface area contributed by atoms with Crippen LogP contribution in [0.15, 0.2) is 18.2 Å². The van der Waals surface area contributed by atoms with Crippen LogP contribution in [0.4, 0.5) is 4.39 Å². The summed E-state index contributed by atoms with van der Waals surface area (Å²) in [5.41, 5.74) is 0.819. The van der Waals surface area contributed by atoms with E-state index in [1.165, 1.54) is 6.07 Å². The minimum Gasteiger partial charge on any atom is -0.381 e. The maximum Gasteiger partial charge on any atom is 0.213 e. The van der Waals surface area contributed by atoms with Crippen LogP contribution in [0.1, 0.15) is 24.5 Å². The van der Waals surface area contributed by atoms with Crippen molar-refractivity contribution in [3.05, 3.63) is 29.8 Å². The molecule has 1 aliphatic heterocycles. The molecule has 0 radical (unpaired) electrons. The fourth-order valence-electron chi connectivity index (χ4n) is 1.63. The topological polar surface area (TPSA) is 22.1 Å². The maximum absolute atomic E-state index is 12.8. The van der Waals surface area contributed by atoms with Gasteiger partial charge in [0.25, 0.3) is 0 Å². The monoisotopic (exact) mass is 181 g/mol. The average molecular weight is 181 g/mol. The molecule has 0 aliphatic carbocycles. The number of rotatable bonds is 1. The van der Waals surface area contributed by atoms with Crippen LogP contribution in [0, 0.1) is 5.95 Å². The van der Waals surface area contributed by atoms with Gasteiger partial charge in [-0.2, -0.15) is 4.39 Å². The lowest BCUT2D eigenvalue weighted by molar-refractivity contribution is 0.0791. The van der Waals surface area contributed by atoms with Gasteiger partial charge in [0.1, 0.15) is 0 Å². The van der Waals surface area contributed by atoms with Crippen LogP contribution in [0.2, 0.25) is 0 Å². The van der Waals surface area contributed by atoms with E-state index in [2.05, 4.69) is 4.98 Å². The van der Waals surface area contributed by atoms with Crippen LogP contribution < -0.4 is 0 Å². The Bertz CT molecular complexity index is 284. The highest BCUT2D eigenvalue weighted by Gasteiger charge is 2.17. The summed E-state index contributed by atoms with van der Waals surface area (Å²) in [6.07, 6.45) is 2.10. The highest BCUT2D eigenvalue weighted by molar-refractivity contribution is 5.10. The molecule has 0 N–H and O–H groups in total. The molecule has 0 amide bonds. The van der Waals surface area contributed by atoms with Gasteiger partial charge in [-0.05, 0) is 25.0 Å². The van der Waals surface area contributed by atoms with Crippen LogP contribution in [0.5, 0.6) is 0 Å². The molecule has 0 bridgehead atoms. The van der Waals surface area contributed by atoms with Crippen LogP contribution in [0.3, 0.4) is 0 Å². The summed E-state index contributed by atoms with van der Waals surface area (Å²) in [5, 5.41) is 0. The van der Waals surface area contributed by atoms with Crippen molar-refractivity contribution in [3.63, 3.8) is 0 Å². The number of aromatic nitrogens is 1. The summed E-state index contributed by atoms with van der Waals surface area (Å²) in [6, 6.07) is 4.93. The molecule has 0 aromatic carbocycles. The zero-order valence-corrected chi connectivity index (χ0v) is 7.37. The van der Waals surface area contributed by atoms with Gasteiger partial charge in [-0.1, -0.05) is 6.07 Å². The van der Waals surface area contributed by atoms with Crippen LogP contribution in [-0.2, 0) is 4.74 Å². The molecule has 70 valence electrons. The molecule has 1 fully saturated rings. The Morgan fingerprint density at radius 1 is 1.46 bits per heavy atom. The van der Waals surface area contributed by atoms with Crippen LogP contribution in [0.25, 0.3) is 0 Å². The first-order valence-corrected chi connectivity index (χ1v) is 4.56. The molecule has 2 heterocycles. The molecule has 2 nitrogen and oxygen atoms in total. The molecule has 13 heavy (non-hydrogen) atoms. The lowest BCUT2D eigenvalue weighted by atomic mass is 9.98. The summed E-state index contributed by atoms with van der Waals surface area (Å²) in [5.74, 6) is -0.118. The Morgan fingerprint density at radius 2 is 2.38 bits per heavy atom. The standard InChI is InChI=1S/C10H12FNO/c11-10-5-1-4-9(12-10)8-3-2-6-13-7-8/h1,4-5,8H,2-3,6-7H2.